The summed E-state index contributed by atoms with van der Waals surface area (Å²) in [6.45, 7) is 1.95. The average molecular weight is 518 g/mol. The first-order valence-corrected chi connectivity index (χ1v) is 12.1. The molecule has 3 aromatic carbocycles. The number of nitrogens with zero attached hydrogens (tertiary/aromatic N) is 2. The third-order valence-corrected chi connectivity index (χ3v) is 6.43. The zero-order chi connectivity index (χ0) is 26.5. The lowest BCUT2D eigenvalue weighted by Gasteiger charge is -2.14. The van der Waals surface area contributed by atoms with Gasteiger partial charge in [0.05, 0.1) is 53.4 Å². The summed E-state index contributed by atoms with van der Waals surface area (Å²) < 4.78 is 11.0. The van der Waals surface area contributed by atoms with Crippen molar-refractivity contribution in [3.63, 3.8) is 0 Å². The Morgan fingerprint density at radius 1 is 0.946 bits per heavy atom. The normalized spacial score (nSPS) is 10.7. The van der Waals surface area contributed by atoms with Crippen LogP contribution >= 0.6 is 11.8 Å². The van der Waals surface area contributed by atoms with Crippen LogP contribution in [-0.4, -0.2) is 47.4 Å². The molecule has 0 aliphatic rings. The molecule has 1 aromatic heterocycles. The summed E-state index contributed by atoms with van der Waals surface area (Å²) in [7, 11) is 2.45. The third-order valence-electron chi connectivity index (χ3n) is 5.49. The molecule has 1 N–H and O–H groups in total. The maximum atomic E-state index is 13.4. The fourth-order valence-corrected chi connectivity index (χ4v) is 4.44. The molecule has 0 radical (unpaired) electrons. The van der Waals surface area contributed by atoms with Crippen molar-refractivity contribution in [2.45, 2.75) is 12.1 Å². The van der Waals surface area contributed by atoms with Crippen LogP contribution in [-0.2, 0) is 14.3 Å². The molecule has 188 valence electrons. The summed E-state index contributed by atoms with van der Waals surface area (Å²) in [5, 5.41) is 3.44. The summed E-state index contributed by atoms with van der Waals surface area (Å²) in [6, 6.07) is 18.5. The number of hydrogen-bond donors (Lipinski definition) is 1. The first kappa shape index (κ1) is 25.6. The molecule has 0 spiro atoms. The maximum absolute atomic E-state index is 13.4. The van der Waals surface area contributed by atoms with Gasteiger partial charge in [0.1, 0.15) is 0 Å². The number of thioether (sulfide) groups is 1. The highest BCUT2D eigenvalue weighted by Crippen LogP contribution is 2.24. The van der Waals surface area contributed by atoms with Crippen molar-refractivity contribution in [1.29, 1.82) is 0 Å². The predicted molar refractivity (Wildman–Crippen MR) is 141 cm³/mol. The number of methoxy groups -OCH3 is 2. The SMILES string of the molecule is COC(=O)c1ccc(C(=O)OC)c(NC(=O)CSc2nc3ccccc3c(=O)n2-c2ccc(C)cc2)c1. The van der Waals surface area contributed by atoms with Crippen LogP contribution in [0.25, 0.3) is 16.6 Å². The van der Waals surface area contributed by atoms with E-state index in [1.807, 2.05) is 31.2 Å². The van der Waals surface area contributed by atoms with E-state index in [0.717, 1.165) is 17.3 Å². The van der Waals surface area contributed by atoms with Crippen LogP contribution in [0.1, 0.15) is 26.3 Å². The minimum atomic E-state index is -0.677. The minimum absolute atomic E-state index is 0.0777. The Hall–Kier alpha value is -4.44. The van der Waals surface area contributed by atoms with E-state index in [0.29, 0.717) is 21.7 Å². The Labute approximate surface area is 216 Å². The lowest BCUT2D eigenvalue weighted by Crippen LogP contribution is -2.23. The highest BCUT2D eigenvalue weighted by Gasteiger charge is 2.19. The quantitative estimate of drug-likeness (QED) is 0.222. The van der Waals surface area contributed by atoms with E-state index < -0.39 is 17.8 Å². The van der Waals surface area contributed by atoms with Gasteiger partial charge in [-0.25, -0.2) is 14.6 Å². The van der Waals surface area contributed by atoms with Crippen molar-refractivity contribution in [2.24, 2.45) is 0 Å². The van der Waals surface area contributed by atoms with Crippen LogP contribution in [0.15, 0.2) is 76.7 Å². The highest BCUT2D eigenvalue weighted by atomic mass is 32.2. The summed E-state index contributed by atoms with van der Waals surface area (Å²) in [5.74, 6) is -1.90. The summed E-state index contributed by atoms with van der Waals surface area (Å²) in [4.78, 5) is 55.1. The first-order chi connectivity index (χ1) is 17.8. The minimum Gasteiger partial charge on any atom is -0.465 e. The van der Waals surface area contributed by atoms with Gasteiger partial charge in [0.15, 0.2) is 5.16 Å². The second kappa shape index (κ2) is 11.1. The Morgan fingerprint density at radius 3 is 2.35 bits per heavy atom. The number of rotatable bonds is 7. The molecule has 0 saturated carbocycles. The highest BCUT2D eigenvalue weighted by molar-refractivity contribution is 7.99. The molecule has 1 heterocycles. The molecule has 0 bridgehead atoms. The number of anilines is 1. The van der Waals surface area contributed by atoms with Gasteiger partial charge in [-0.2, -0.15) is 0 Å². The molecule has 4 rings (SSSR count). The Morgan fingerprint density at radius 2 is 1.65 bits per heavy atom. The van der Waals surface area contributed by atoms with Gasteiger partial charge < -0.3 is 14.8 Å². The molecular weight excluding hydrogens is 494 g/mol. The van der Waals surface area contributed by atoms with Gasteiger partial charge in [-0.3, -0.25) is 14.2 Å². The van der Waals surface area contributed by atoms with E-state index in [9.17, 15) is 19.2 Å². The number of benzene rings is 3. The lowest BCUT2D eigenvalue weighted by atomic mass is 10.1. The predicted octanol–water partition coefficient (Wildman–Crippen LogP) is 4.00. The number of carbonyl (C=O) groups is 3. The van der Waals surface area contributed by atoms with E-state index in [1.54, 1.807) is 24.3 Å². The zero-order valence-electron chi connectivity index (χ0n) is 20.3. The van der Waals surface area contributed by atoms with Gasteiger partial charge in [-0.15, -0.1) is 0 Å². The number of fused-ring (bicyclic) bond motifs is 1. The average Bonchev–Trinajstić information content (AvgIpc) is 2.91. The molecule has 0 aliphatic heterocycles. The lowest BCUT2D eigenvalue weighted by molar-refractivity contribution is -0.113. The van der Waals surface area contributed by atoms with Crippen molar-refractivity contribution in [3.05, 3.63) is 93.8 Å². The van der Waals surface area contributed by atoms with E-state index in [-0.39, 0.29) is 28.1 Å². The molecule has 1 amide bonds. The number of amides is 1. The largest absolute Gasteiger partial charge is 0.465 e. The molecule has 9 nitrogen and oxygen atoms in total. The van der Waals surface area contributed by atoms with Crippen LogP contribution in [0.5, 0.6) is 0 Å². The Kier molecular flexibility index (Phi) is 7.69. The summed E-state index contributed by atoms with van der Waals surface area (Å²) in [5.41, 5.74) is 2.25. The Balaban J connectivity index is 1.65. The van der Waals surface area contributed by atoms with Gasteiger partial charge in [0, 0.05) is 0 Å². The van der Waals surface area contributed by atoms with Crippen LogP contribution in [0.4, 0.5) is 5.69 Å². The number of aryl methyl sites for hydroxylation is 1. The molecular formula is C27H23N3O6S. The molecule has 0 unspecified atom stereocenters. The van der Waals surface area contributed by atoms with Crippen molar-refractivity contribution in [1.82, 2.24) is 9.55 Å². The standard InChI is InChI=1S/C27H23N3O6S/c1-16-8-11-18(12-9-16)30-24(32)19-6-4-5-7-21(19)29-27(30)37-15-23(31)28-22-14-17(25(33)35-2)10-13-20(22)26(34)36-3/h4-14H,15H2,1-3H3,(H,28,31). The number of carbonyl (C=O) groups excluding carboxylic acids is 3. The van der Waals surface area contributed by atoms with E-state index in [1.165, 1.54) is 37.0 Å². The van der Waals surface area contributed by atoms with Gasteiger partial charge >= 0.3 is 11.9 Å². The molecule has 0 saturated heterocycles. The van der Waals surface area contributed by atoms with Crippen molar-refractivity contribution < 1.29 is 23.9 Å². The fourth-order valence-electron chi connectivity index (χ4n) is 3.63. The van der Waals surface area contributed by atoms with E-state index in [2.05, 4.69) is 10.3 Å². The molecule has 0 fully saturated rings. The molecule has 0 aliphatic carbocycles. The van der Waals surface area contributed by atoms with Crippen molar-refractivity contribution in [3.8, 4) is 5.69 Å². The van der Waals surface area contributed by atoms with Crippen LogP contribution in [0.2, 0.25) is 0 Å². The monoisotopic (exact) mass is 517 g/mol. The number of hydrogen-bond acceptors (Lipinski definition) is 8. The van der Waals surface area contributed by atoms with Crippen LogP contribution in [0.3, 0.4) is 0 Å². The molecule has 37 heavy (non-hydrogen) atoms. The number of para-hydroxylation sites is 1. The second-order valence-electron chi connectivity index (χ2n) is 7.97. The Bertz CT molecular complexity index is 1560. The van der Waals surface area contributed by atoms with Gasteiger partial charge in [-0.05, 0) is 49.4 Å². The second-order valence-corrected chi connectivity index (χ2v) is 8.91. The zero-order valence-corrected chi connectivity index (χ0v) is 21.1. The van der Waals surface area contributed by atoms with Crippen molar-refractivity contribution in [2.75, 3.05) is 25.3 Å². The van der Waals surface area contributed by atoms with Gasteiger partial charge in [0.25, 0.3) is 5.56 Å². The van der Waals surface area contributed by atoms with Crippen LogP contribution < -0.4 is 10.9 Å². The molecule has 4 aromatic rings. The fraction of sp³-hybridized carbons (Fsp3) is 0.148. The summed E-state index contributed by atoms with van der Waals surface area (Å²) in [6.07, 6.45) is 0. The number of ether oxygens (including phenoxy) is 2. The van der Waals surface area contributed by atoms with Gasteiger partial charge in [-0.1, -0.05) is 41.6 Å². The summed E-state index contributed by atoms with van der Waals surface area (Å²) >= 11 is 1.07. The molecule has 10 heteroatoms. The third kappa shape index (κ3) is 5.54. The topological polar surface area (TPSA) is 117 Å². The maximum Gasteiger partial charge on any atom is 0.339 e. The van der Waals surface area contributed by atoms with Crippen molar-refractivity contribution >= 4 is 46.2 Å². The smallest absolute Gasteiger partial charge is 0.339 e. The van der Waals surface area contributed by atoms with Gasteiger partial charge in [0.2, 0.25) is 5.91 Å². The first-order valence-electron chi connectivity index (χ1n) is 11.1. The van der Waals surface area contributed by atoms with E-state index >= 15 is 0 Å². The molecule has 0 atom stereocenters. The number of esters is 2. The van der Waals surface area contributed by atoms with Crippen LogP contribution in [0, 0.1) is 6.92 Å². The van der Waals surface area contributed by atoms with E-state index in [4.69, 9.17) is 9.47 Å². The number of aromatic nitrogens is 2. The number of nitrogens with one attached hydrogen (secondary N) is 1.